The van der Waals surface area contributed by atoms with E-state index in [9.17, 15) is 0 Å². The molecule has 0 aliphatic heterocycles. The molecule has 0 spiro atoms. The minimum absolute atomic E-state index is 0.263. The average Bonchev–Trinajstić information content (AvgIpc) is 2.76. The van der Waals surface area contributed by atoms with Gasteiger partial charge in [0.25, 0.3) is 0 Å². The van der Waals surface area contributed by atoms with Gasteiger partial charge >= 0.3 is 0 Å². The van der Waals surface area contributed by atoms with Crippen molar-refractivity contribution in [2.45, 2.75) is 65.5 Å². The maximum absolute atomic E-state index is 6.14. The van der Waals surface area contributed by atoms with Crippen molar-refractivity contribution in [2.75, 3.05) is 12.0 Å². The molecule has 0 bridgehead atoms. The van der Waals surface area contributed by atoms with Crippen LogP contribution in [0, 0.1) is 0 Å². The van der Waals surface area contributed by atoms with E-state index < -0.39 is 0 Å². The third kappa shape index (κ3) is 4.53. The minimum Gasteiger partial charge on any atom is -0.327 e. The summed E-state index contributed by atoms with van der Waals surface area (Å²) in [5, 5.41) is 4.81. The molecule has 1 rings (SSSR count). The van der Waals surface area contributed by atoms with Crippen molar-refractivity contribution >= 4 is 11.8 Å². The van der Waals surface area contributed by atoms with Gasteiger partial charge in [0.1, 0.15) is 0 Å². The highest BCUT2D eigenvalue weighted by molar-refractivity contribution is 7.98. The van der Waals surface area contributed by atoms with Crippen LogP contribution in [0.2, 0.25) is 0 Å². The number of aryl methyl sites for hydroxylation is 2. The summed E-state index contributed by atoms with van der Waals surface area (Å²) in [6.45, 7) is 7.61. The molecule has 0 saturated carbocycles. The molecule has 1 heterocycles. The van der Waals surface area contributed by atoms with Crippen molar-refractivity contribution in [3.05, 3.63) is 17.0 Å². The summed E-state index contributed by atoms with van der Waals surface area (Å²) in [5.41, 5.74) is 10.2. The predicted octanol–water partition coefficient (Wildman–Crippen LogP) is 3.04. The fraction of sp³-hybridized carbons (Fsp3) is 0.800. The van der Waals surface area contributed by atoms with Gasteiger partial charge in [-0.25, -0.2) is 0 Å². The van der Waals surface area contributed by atoms with Crippen LogP contribution in [0.25, 0.3) is 0 Å². The topological polar surface area (TPSA) is 43.8 Å². The molecule has 0 fully saturated rings. The van der Waals surface area contributed by atoms with Gasteiger partial charge in [-0.2, -0.15) is 16.9 Å². The van der Waals surface area contributed by atoms with E-state index in [1.165, 1.54) is 29.1 Å². The van der Waals surface area contributed by atoms with E-state index in [-0.39, 0.29) is 6.04 Å². The van der Waals surface area contributed by atoms with Gasteiger partial charge in [-0.3, -0.25) is 4.68 Å². The first-order chi connectivity index (χ1) is 9.17. The van der Waals surface area contributed by atoms with Gasteiger partial charge < -0.3 is 5.73 Å². The Balaban J connectivity index is 2.92. The van der Waals surface area contributed by atoms with Gasteiger partial charge in [0.05, 0.1) is 5.69 Å². The summed E-state index contributed by atoms with van der Waals surface area (Å²) in [6.07, 6.45) is 7.42. The van der Waals surface area contributed by atoms with Crippen LogP contribution in [0.4, 0.5) is 0 Å². The molecular formula is C15H29N3S. The van der Waals surface area contributed by atoms with Gasteiger partial charge in [-0.1, -0.05) is 20.8 Å². The Morgan fingerprint density at radius 2 is 2.00 bits per heavy atom. The number of thioether (sulfide) groups is 1. The summed E-state index contributed by atoms with van der Waals surface area (Å²) in [6, 6.07) is 0.263. The standard InChI is InChI=1S/C15H29N3S/c1-5-12(16)11-13-14(6-2)17-18(15(13)7-3)9-8-10-19-4/h12H,5-11,16H2,1-4H3. The lowest BCUT2D eigenvalue weighted by Crippen LogP contribution is -2.22. The van der Waals surface area contributed by atoms with Crippen LogP contribution in [-0.2, 0) is 25.8 Å². The summed E-state index contributed by atoms with van der Waals surface area (Å²) in [4.78, 5) is 0. The smallest absolute Gasteiger partial charge is 0.0657 e. The Morgan fingerprint density at radius 1 is 1.26 bits per heavy atom. The number of hydrogen-bond donors (Lipinski definition) is 1. The van der Waals surface area contributed by atoms with E-state index in [0.29, 0.717) is 0 Å². The lowest BCUT2D eigenvalue weighted by atomic mass is 10.00. The number of aromatic nitrogens is 2. The number of nitrogens with zero attached hydrogens (tertiary/aromatic N) is 2. The molecule has 3 nitrogen and oxygen atoms in total. The quantitative estimate of drug-likeness (QED) is 0.708. The normalized spacial score (nSPS) is 12.9. The highest BCUT2D eigenvalue weighted by Gasteiger charge is 2.17. The largest absolute Gasteiger partial charge is 0.327 e. The lowest BCUT2D eigenvalue weighted by Gasteiger charge is -2.11. The van der Waals surface area contributed by atoms with E-state index in [0.717, 1.165) is 32.2 Å². The molecule has 19 heavy (non-hydrogen) atoms. The molecule has 0 saturated heterocycles. The third-order valence-electron chi connectivity index (χ3n) is 3.63. The molecule has 0 aromatic carbocycles. The van der Waals surface area contributed by atoms with E-state index >= 15 is 0 Å². The Bertz CT molecular complexity index is 374. The molecule has 0 amide bonds. The Kier molecular flexibility index (Phi) is 7.54. The monoisotopic (exact) mass is 283 g/mol. The highest BCUT2D eigenvalue weighted by atomic mass is 32.2. The Morgan fingerprint density at radius 3 is 2.53 bits per heavy atom. The zero-order valence-electron chi connectivity index (χ0n) is 12.9. The molecule has 1 unspecified atom stereocenters. The van der Waals surface area contributed by atoms with Crippen molar-refractivity contribution in [1.29, 1.82) is 0 Å². The van der Waals surface area contributed by atoms with Crippen molar-refractivity contribution in [1.82, 2.24) is 9.78 Å². The molecule has 0 aliphatic carbocycles. The van der Waals surface area contributed by atoms with E-state index in [2.05, 4.69) is 31.7 Å². The first-order valence-corrected chi connectivity index (χ1v) is 8.89. The van der Waals surface area contributed by atoms with Gasteiger partial charge in [0.2, 0.25) is 0 Å². The molecule has 1 aromatic rings. The molecule has 1 atom stereocenters. The van der Waals surface area contributed by atoms with Crippen molar-refractivity contribution < 1.29 is 0 Å². The molecule has 1 aromatic heterocycles. The first kappa shape index (κ1) is 16.6. The van der Waals surface area contributed by atoms with Gasteiger partial charge in [0, 0.05) is 18.3 Å². The molecule has 0 radical (unpaired) electrons. The van der Waals surface area contributed by atoms with Gasteiger partial charge in [0.15, 0.2) is 0 Å². The number of hydrogen-bond acceptors (Lipinski definition) is 3. The second kappa shape index (κ2) is 8.64. The van der Waals surface area contributed by atoms with E-state index in [4.69, 9.17) is 10.8 Å². The van der Waals surface area contributed by atoms with Crippen molar-refractivity contribution in [2.24, 2.45) is 5.73 Å². The second-order valence-electron chi connectivity index (χ2n) is 5.02. The summed E-state index contributed by atoms with van der Waals surface area (Å²) < 4.78 is 2.23. The van der Waals surface area contributed by atoms with Crippen molar-refractivity contribution in [3.63, 3.8) is 0 Å². The molecule has 4 heteroatoms. The van der Waals surface area contributed by atoms with Crippen LogP contribution < -0.4 is 5.73 Å². The zero-order valence-corrected chi connectivity index (χ0v) is 13.7. The molecule has 110 valence electrons. The van der Waals surface area contributed by atoms with Gasteiger partial charge in [-0.15, -0.1) is 0 Å². The van der Waals surface area contributed by atoms with Crippen LogP contribution in [0.15, 0.2) is 0 Å². The second-order valence-corrected chi connectivity index (χ2v) is 6.01. The zero-order chi connectivity index (χ0) is 14.3. The van der Waals surface area contributed by atoms with E-state index in [1.807, 2.05) is 11.8 Å². The van der Waals surface area contributed by atoms with Crippen LogP contribution in [0.3, 0.4) is 0 Å². The fourth-order valence-electron chi connectivity index (χ4n) is 2.45. The fourth-order valence-corrected chi connectivity index (χ4v) is 2.87. The summed E-state index contributed by atoms with van der Waals surface area (Å²) in [7, 11) is 0. The Labute approximate surface area is 122 Å². The van der Waals surface area contributed by atoms with Crippen LogP contribution in [0.1, 0.15) is 50.6 Å². The lowest BCUT2D eigenvalue weighted by molar-refractivity contribution is 0.571. The molecular weight excluding hydrogens is 254 g/mol. The maximum atomic E-state index is 6.14. The Hall–Kier alpha value is -0.480. The van der Waals surface area contributed by atoms with E-state index in [1.54, 1.807) is 0 Å². The SMILES string of the molecule is CCc1nn(CCCSC)c(CC)c1CC(N)CC. The highest BCUT2D eigenvalue weighted by Crippen LogP contribution is 2.19. The number of nitrogens with two attached hydrogens (primary N) is 1. The van der Waals surface area contributed by atoms with Crippen molar-refractivity contribution in [3.8, 4) is 0 Å². The minimum atomic E-state index is 0.263. The molecule has 0 aliphatic rings. The molecule has 2 N–H and O–H groups in total. The van der Waals surface area contributed by atoms with Gasteiger partial charge in [-0.05, 0) is 49.7 Å². The van der Waals surface area contributed by atoms with Crippen LogP contribution in [-0.4, -0.2) is 27.8 Å². The number of rotatable bonds is 9. The third-order valence-corrected chi connectivity index (χ3v) is 4.33. The maximum Gasteiger partial charge on any atom is 0.0657 e. The van der Waals surface area contributed by atoms with Crippen LogP contribution in [0.5, 0.6) is 0 Å². The average molecular weight is 283 g/mol. The van der Waals surface area contributed by atoms with Crippen LogP contribution >= 0.6 is 11.8 Å². The summed E-state index contributed by atoms with van der Waals surface area (Å²) >= 11 is 1.90. The predicted molar refractivity (Wildman–Crippen MR) is 86.0 cm³/mol. The summed E-state index contributed by atoms with van der Waals surface area (Å²) in [5.74, 6) is 1.20. The first-order valence-electron chi connectivity index (χ1n) is 7.49.